The van der Waals surface area contributed by atoms with Crippen molar-refractivity contribution in [1.29, 1.82) is 0 Å². The van der Waals surface area contributed by atoms with Gasteiger partial charge in [0.25, 0.3) is 0 Å². The molecule has 0 aliphatic heterocycles. The van der Waals surface area contributed by atoms with Crippen LogP contribution in [0.25, 0.3) is 0 Å². The maximum absolute atomic E-state index is 13.3. The SMILES string of the molecule is O=C(Nc1ccc(Cl)cc1C(F)(F)F)C(=O)N(Cc1ccccc1)Cc1ccccc1. The molecule has 3 rings (SSSR count). The van der Waals surface area contributed by atoms with E-state index in [1.807, 2.05) is 12.1 Å². The molecule has 0 unspecified atom stereocenters. The average Bonchev–Trinajstić information content (AvgIpc) is 2.74. The third-order valence-electron chi connectivity index (χ3n) is 4.45. The maximum Gasteiger partial charge on any atom is 0.418 e. The molecule has 0 atom stereocenters. The van der Waals surface area contributed by atoms with E-state index in [4.69, 9.17) is 11.6 Å². The van der Waals surface area contributed by atoms with E-state index in [0.29, 0.717) is 6.07 Å². The zero-order valence-electron chi connectivity index (χ0n) is 16.2. The molecule has 0 fully saturated rings. The minimum absolute atomic E-state index is 0.120. The molecule has 8 heteroatoms. The van der Waals surface area contributed by atoms with Crippen molar-refractivity contribution in [3.05, 3.63) is 101 Å². The highest BCUT2D eigenvalue weighted by molar-refractivity contribution is 6.39. The van der Waals surface area contributed by atoms with Crippen LogP contribution in [-0.4, -0.2) is 16.7 Å². The van der Waals surface area contributed by atoms with E-state index < -0.39 is 29.2 Å². The van der Waals surface area contributed by atoms with Gasteiger partial charge in [0.15, 0.2) is 0 Å². The number of rotatable bonds is 5. The van der Waals surface area contributed by atoms with Crippen LogP contribution in [0.5, 0.6) is 0 Å². The van der Waals surface area contributed by atoms with Crippen molar-refractivity contribution < 1.29 is 22.8 Å². The van der Waals surface area contributed by atoms with Gasteiger partial charge in [-0.05, 0) is 29.3 Å². The lowest BCUT2D eigenvalue weighted by molar-refractivity contribution is -0.144. The van der Waals surface area contributed by atoms with Gasteiger partial charge in [0.2, 0.25) is 0 Å². The summed E-state index contributed by atoms with van der Waals surface area (Å²) in [5, 5.41) is 1.95. The topological polar surface area (TPSA) is 49.4 Å². The molecule has 0 saturated carbocycles. The predicted octanol–water partition coefficient (Wildman–Crippen LogP) is 5.53. The van der Waals surface area contributed by atoms with Gasteiger partial charge >= 0.3 is 18.0 Å². The first kappa shape index (κ1) is 22.4. The minimum Gasteiger partial charge on any atom is -0.326 e. The summed E-state index contributed by atoms with van der Waals surface area (Å²) < 4.78 is 39.9. The first-order chi connectivity index (χ1) is 14.7. The molecule has 3 aromatic rings. The van der Waals surface area contributed by atoms with Crippen LogP contribution in [0.3, 0.4) is 0 Å². The van der Waals surface area contributed by atoms with E-state index in [2.05, 4.69) is 5.32 Å². The van der Waals surface area contributed by atoms with Crippen molar-refractivity contribution in [2.45, 2.75) is 19.3 Å². The Morgan fingerprint density at radius 3 is 1.84 bits per heavy atom. The number of nitrogens with one attached hydrogen (secondary N) is 1. The average molecular weight is 447 g/mol. The second kappa shape index (κ2) is 9.66. The lowest BCUT2D eigenvalue weighted by Gasteiger charge is -2.23. The third kappa shape index (κ3) is 6.08. The number of alkyl halides is 3. The second-order valence-corrected chi connectivity index (χ2v) is 7.21. The van der Waals surface area contributed by atoms with Gasteiger partial charge in [-0.15, -0.1) is 0 Å². The van der Waals surface area contributed by atoms with Crippen LogP contribution in [0, 0.1) is 0 Å². The van der Waals surface area contributed by atoms with Gasteiger partial charge in [-0.25, -0.2) is 0 Å². The van der Waals surface area contributed by atoms with E-state index in [1.165, 1.54) is 11.0 Å². The van der Waals surface area contributed by atoms with Crippen LogP contribution in [0.4, 0.5) is 18.9 Å². The fourth-order valence-corrected chi connectivity index (χ4v) is 3.16. The molecule has 0 bridgehead atoms. The summed E-state index contributed by atoms with van der Waals surface area (Å²) >= 11 is 5.67. The Balaban J connectivity index is 1.84. The molecule has 4 nitrogen and oxygen atoms in total. The quantitative estimate of drug-likeness (QED) is 0.524. The van der Waals surface area contributed by atoms with E-state index in [1.54, 1.807) is 48.5 Å². The summed E-state index contributed by atoms with van der Waals surface area (Å²) in [6.45, 7) is 0.240. The number of hydrogen-bond acceptors (Lipinski definition) is 2. The molecule has 0 saturated heterocycles. The fourth-order valence-electron chi connectivity index (χ4n) is 2.99. The van der Waals surface area contributed by atoms with Crippen LogP contribution in [0.1, 0.15) is 16.7 Å². The predicted molar refractivity (Wildman–Crippen MR) is 112 cm³/mol. The summed E-state index contributed by atoms with van der Waals surface area (Å²) in [5.41, 5.74) is -0.0995. The molecular formula is C23H18ClF3N2O2. The molecule has 31 heavy (non-hydrogen) atoms. The van der Waals surface area contributed by atoms with Crippen LogP contribution in [0.2, 0.25) is 5.02 Å². The Hall–Kier alpha value is -3.32. The number of carbonyl (C=O) groups is 2. The van der Waals surface area contributed by atoms with Crippen LogP contribution < -0.4 is 5.32 Å². The highest BCUT2D eigenvalue weighted by Crippen LogP contribution is 2.36. The van der Waals surface area contributed by atoms with E-state index in [9.17, 15) is 22.8 Å². The van der Waals surface area contributed by atoms with Crippen LogP contribution in [-0.2, 0) is 28.9 Å². The fraction of sp³-hybridized carbons (Fsp3) is 0.130. The number of anilines is 1. The van der Waals surface area contributed by atoms with E-state index in [0.717, 1.165) is 17.2 Å². The third-order valence-corrected chi connectivity index (χ3v) is 4.68. The van der Waals surface area contributed by atoms with Gasteiger partial charge in [-0.1, -0.05) is 72.3 Å². The smallest absolute Gasteiger partial charge is 0.326 e. The molecule has 0 spiro atoms. The maximum atomic E-state index is 13.3. The molecule has 3 aromatic carbocycles. The number of carbonyl (C=O) groups excluding carboxylic acids is 2. The highest BCUT2D eigenvalue weighted by Gasteiger charge is 2.35. The van der Waals surface area contributed by atoms with Gasteiger partial charge < -0.3 is 10.2 Å². The molecule has 0 aliphatic rings. The number of nitrogens with zero attached hydrogens (tertiary/aromatic N) is 1. The molecule has 0 heterocycles. The number of benzene rings is 3. The van der Waals surface area contributed by atoms with Crippen molar-refractivity contribution >= 4 is 29.1 Å². The van der Waals surface area contributed by atoms with Gasteiger partial charge in [0, 0.05) is 18.1 Å². The highest BCUT2D eigenvalue weighted by atomic mass is 35.5. The molecule has 0 radical (unpaired) electrons. The summed E-state index contributed by atoms with van der Waals surface area (Å²) in [6.07, 6.45) is -4.75. The monoisotopic (exact) mass is 446 g/mol. The Morgan fingerprint density at radius 1 is 0.839 bits per heavy atom. The van der Waals surface area contributed by atoms with Crippen molar-refractivity contribution in [1.82, 2.24) is 4.90 Å². The molecular weight excluding hydrogens is 429 g/mol. The lowest BCUT2D eigenvalue weighted by Crippen LogP contribution is -2.39. The minimum atomic E-state index is -4.75. The molecule has 160 valence electrons. The number of hydrogen-bond donors (Lipinski definition) is 1. The van der Waals surface area contributed by atoms with Gasteiger partial charge in [-0.2, -0.15) is 13.2 Å². The summed E-state index contributed by atoms with van der Waals surface area (Å²) in [6, 6.07) is 20.9. The Morgan fingerprint density at radius 2 is 1.35 bits per heavy atom. The van der Waals surface area contributed by atoms with Gasteiger partial charge in [0.05, 0.1) is 11.3 Å². The zero-order chi connectivity index (χ0) is 22.4. The van der Waals surface area contributed by atoms with E-state index >= 15 is 0 Å². The molecule has 0 aliphatic carbocycles. The number of halogens is 4. The second-order valence-electron chi connectivity index (χ2n) is 6.77. The van der Waals surface area contributed by atoms with Gasteiger partial charge in [-0.3, -0.25) is 9.59 Å². The molecule has 1 N–H and O–H groups in total. The lowest BCUT2D eigenvalue weighted by atomic mass is 10.1. The van der Waals surface area contributed by atoms with Crippen molar-refractivity contribution in [3.63, 3.8) is 0 Å². The standard InChI is InChI=1S/C23H18ClF3N2O2/c24-18-11-12-20(19(13-18)23(25,26)27)28-21(30)22(31)29(14-16-7-3-1-4-8-16)15-17-9-5-2-6-10-17/h1-13H,14-15H2,(H,28,30). The Bertz CT molecular complexity index is 1020. The molecule has 2 amide bonds. The molecule has 0 aromatic heterocycles. The first-order valence-corrected chi connectivity index (χ1v) is 9.66. The van der Waals surface area contributed by atoms with Crippen molar-refractivity contribution in [2.24, 2.45) is 0 Å². The number of amides is 2. The zero-order valence-corrected chi connectivity index (χ0v) is 17.0. The largest absolute Gasteiger partial charge is 0.418 e. The summed E-state index contributed by atoms with van der Waals surface area (Å²) in [7, 11) is 0. The van der Waals surface area contributed by atoms with Crippen LogP contribution >= 0.6 is 11.6 Å². The van der Waals surface area contributed by atoms with E-state index in [-0.39, 0.29) is 18.1 Å². The van der Waals surface area contributed by atoms with Crippen LogP contribution in [0.15, 0.2) is 78.9 Å². The Labute approximate surface area is 182 Å². The van der Waals surface area contributed by atoms with Crippen molar-refractivity contribution in [2.75, 3.05) is 5.32 Å². The normalized spacial score (nSPS) is 11.1. The summed E-state index contributed by atoms with van der Waals surface area (Å²) in [5.74, 6) is -2.12. The van der Waals surface area contributed by atoms with Gasteiger partial charge in [0.1, 0.15) is 0 Å². The van der Waals surface area contributed by atoms with Crippen molar-refractivity contribution in [3.8, 4) is 0 Å². The Kier molecular flexibility index (Phi) is 6.97. The first-order valence-electron chi connectivity index (χ1n) is 9.29. The summed E-state index contributed by atoms with van der Waals surface area (Å²) in [4.78, 5) is 26.8.